The SMILES string of the molecule is Cc1nnc(C(=O)NC(C)(C)c2nc(C(=O)NCc3ccccc3)c(O)c(=O)n2C)o1. The maximum Gasteiger partial charge on any atom is 0.309 e. The predicted molar refractivity (Wildman–Crippen MR) is 108 cm³/mol. The number of aromatic nitrogens is 4. The standard InChI is InChI=1S/C20H22N6O5/c1-11-24-25-17(31-11)16(29)23-20(2,3)19-22-13(14(27)18(30)26(19)4)15(28)21-10-12-8-6-5-7-9-12/h5-9,27H,10H2,1-4H3,(H,21,28)(H,23,29). The summed E-state index contributed by atoms with van der Waals surface area (Å²) in [5.74, 6) is -2.18. The average Bonchev–Trinajstić information content (AvgIpc) is 3.17. The van der Waals surface area contributed by atoms with Crippen molar-refractivity contribution in [3.8, 4) is 5.75 Å². The number of rotatable bonds is 6. The summed E-state index contributed by atoms with van der Waals surface area (Å²) in [6, 6.07) is 9.13. The molecular weight excluding hydrogens is 404 g/mol. The smallest absolute Gasteiger partial charge is 0.309 e. The first-order valence-corrected chi connectivity index (χ1v) is 9.35. The van der Waals surface area contributed by atoms with Crippen molar-refractivity contribution in [1.82, 2.24) is 30.4 Å². The number of hydrogen-bond acceptors (Lipinski definition) is 8. The van der Waals surface area contributed by atoms with Gasteiger partial charge in [0.05, 0.1) is 5.54 Å². The van der Waals surface area contributed by atoms with E-state index in [0.29, 0.717) is 0 Å². The lowest BCUT2D eigenvalue weighted by Gasteiger charge is -2.27. The van der Waals surface area contributed by atoms with E-state index < -0.39 is 34.4 Å². The molecule has 162 valence electrons. The first kappa shape index (κ1) is 21.7. The largest absolute Gasteiger partial charge is 0.501 e. The van der Waals surface area contributed by atoms with Gasteiger partial charge >= 0.3 is 11.8 Å². The molecule has 2 amide bonds. The Morgan fingerprint density at radius 1 is 1.16 bits per heavy atom. The zero-order valence-corrected chi connectivity index (χ0v) is 17.5. The molecule has 0 atom stereocenters. The molecule has 0 unspecified atom stereocenters. The van der Waals surface area contributed by atoms with Crippen molar-refractivity contribution < 1.29 is 19.1 Å². The Bertz CT molecular complexity index is 1180. The number of nitrogens with zero attached hydrogens (tertiary/aromatic N) is 4. The number of benzene rings is 1. The van der Waals surface area contributed by atoms with E-state index in [1.165, 1.54) is 7.05 Å². The quantitative estimate of drug-likeness (QED) is 0.523. The predicted octanol–water partition coefficient (Wildman–Crippen LogP) is 0.772. The van der Waals surface area contributed by atoms with E-state index in [-0.39, 0.29) is 24.2 Å². The van der Waals surface area contributed by atoms with Gasteiger partial charge in [0.15, 0.2) is 5.69 Å². The van der Waals surface area contributed by atoms with Gasteiger partial charge in [0.2, 0.25) is 11.6 Å². The molecule has 0 aliphatic carbocycles. The number of carbonyl (C=O) groups is 2. The molecular formula is C20H22N6O5. The Morgan fingerprint density at radius 3 is 2.45 bits per heavy atom. The van der Waals surface area contributed by atoms with Gasteiger partial charge in [-0.3, -0.25) is 19.0 Å². The molecule has 11 heteroatoms. The van der Waals surface area contributed by atoms with E-state index >= 15 is 0 Å². The summed E-state index contributed by atoms with van der Waals surface area (Å²) in [5, 5.41) is 22.7. The van der Waals surface area contributed by atoms with Gasteiger partial charge in [-0.2, -0.15) is 0 Å². The molecule has 0 saturated carbocycles. The van der Waals surface area contributed by atoms with E-state index in [9.17, 15) is 19.5 Å². The monoisotopic (exact) mass is 426 g/mol. The third-order valence-corrected chi connectivity index (χ3v) is 4.48. The molecule has 0 bridgehead atoms. The van der Waals surface area contributed by atoms with Gasteiger partial charge in [0.1, 0.15) is 5.82 Å². The summed E-state index contributed by atoms with van der Waals surface area (Å²) in [5.41, 5.74) is -1.66. The van der Waals surface area contributed by atoms with Gasteiger partial charge in [-0.15, -0.1) is 10.2 Å². The van der Waals surface area contributed by atoms with Crippen LogP contribution in [-0.4, -0.2) is 36.7 Å². The minimum atomic E-state index is -1.23. The maximum absolute atomic E-state index is 12.6. The van der Waals surface area contributed by atoms with Crippen LogP contribution in [0, 0.1) is 6.92 Å². The Hall–Kier alpha value is -4.02. The summed E-state index contributed by atoms with van der Waals surface area (Å²) in [4.78, 5) is 41.8. The van der Waals surface area contributed by atoms with E-state index in [1.54, 1.807) is 20.8 Å². The van der Waals surface area contributed by atoms with E-state index in [2.05, 4.69) is 25.8 Å². The molecule has 3 N–H and O–H groups in total. The number of amides is 2. The molecule has 1 aromatic carbocycles. The molecule has 11 nitrogen and oxygen atoms in total. The number of nitrogens with one attached hydrogen (secondary N) is 2. The summed E-state index contributed by atoms with van der Waals surface area (Å²) < 4.78 is 6.17. The van der Waals surface area contributed by atoms with Crippen molar-refractivity contribution in [2.75, 3.05) is 0 Å². The topological polar surface area (TPSA) is 152 Å². The van der Waals surface area contributed by atoms with Crippen molar-refractivity contribution in [3.63, 3.8) is 0 Å². The second kappa shape index (κ2) is 8.38. The maximum atomic E-state index is 12.6. The first-order valence-electron chi connectivity index (χ1n) is 9.35. The molecule has 0 aliphatic rings. The fraction of sp³-hybridized carbons (Fsp3) is 0.300. The van der Waals surface area contributed by atoms with Crippen molar-refractivity contribution >= 4 is 11.8 Å². The number of hydrogen-bond donors (Lipinski definition) is 3. The molecule has 2 aromatic heterocycles. The molecule has 3 aromatic rings. The van der Waals surface area contributed by atoms with Gasteiger partial charge in [-0.1, -0.05) is 30.3 Å². The average molecular weight is 426 g/mol. The minimum Gasteiger partial charge on any atom is -0.501 e. The number of carbonyl (C=O) groups excluding carboxylic acids is 2. The Kier molecular flexibility index (Phi) is 5.86. The van der Waals surface area contributed by atoms with E-state index in [0.717, 1.165) is 10.1 Å². The highest BCUT2D eigenvalue weighted by atomic mass is 16.4. The number of aromatic hydroxyl groups is 1. The normalized spacial score (nSPS) is 11.2. The molecule has 0 fully saturated rings. The Labute approximate surface area is 177 Å². The van der Waals surface area contributed by atoms with Crippen LogP contribution in [0.2, 0.25) is 0 Å². The highest BCUT2D eigenvalue weighted by Crippen LogP contribution is 2.20. The Morgan fingerprint density at radius 2 is 1.84 bits per heavy atom. The van der Waals surface area contributed by atoms with Gasteiger partial charge in [0.25, 0.3) is 11.5 Å². The van der Waals surface area contributed by atoms with Crippen LogP contribution >= 0.6 is 0 Å². The molecule has 0 saturated heterocycles. The van der Waals surface area contributed by atoms with Crippen LogP contribution < -0.4 is 16.2 Å². The lowest BCUT2D eigenvalue weighted by atomic mass is 10.0. The lowest BCUT2D eigenvalue weighted by Crippen LogP contribution is -2.46. The van der Waals surface area contributed by atoms with E-state index in [1.807, 2.05) is 30.3 Å². The second-order valence-electron chi connectivity index (χ2n) is 7.37. The third kappa shape index (κ3) is 4.60. The molecule has 3 rings (SSSR count). The highest BCUT2D eigenvalue weighted by Gasteiger charge is 2.32. The van der Waals surface area contributed by atoms with Crippen LogP contribution in [0.15, 0.2) is 39.5 Å². The molecule has 31 heavy (non-hydrogen) atoms. The van der Waals surface area contributed by atoms with Gasteiger partial charge in [-0.25, -0.2) is 4.98 Å². The molecule has 2 heterocycles. The van der Waals surface area contributed by atoms with Crippen molar-refractivity contribution in [3.05, 3.63) is 69.5 Å². The van der Waals surface area contributed by atoms with Crippen molar-refractivity contribution in [2.24, 2.45) is 7.05 Å². The van der Waals surface area contributed by atoms with Crippen LogP contribution in [0.4, 0.5) is 0 Å². The molecule has 0 spiro atoms. The Balaban J connectivity index is 1.89. The lowest BCUT2D eigenvalue weighted by molar-refractivity contribution is 0.0869. The number of aryl methyl sites for hydroxylation is 1. The zero-order chi connectivity index (χ0) is 22.8. The van der Waals surface area contributed by atoms with Crippen molar-refractivity contribution in [2.45, 2.75) is 32.9 Å². The van der Waals surface area contributed by atoms with Crippen LogP contribution in [0.1, 0.15) is 52.3 Å². The van der Waals surface area contributed by atoms with Crippen LogP contribution in [-0.2, 0) is 19.1 Å². The fourth-order valence-corrected chi connectivity index (χ4v) is 2.95. The summed E-state index contributed by atoms with van der Waals surface area (Å²) >= 11 is 0. The fourth-order valence-electron chi connectivity index (χ4n) is 2.95. The third-order valence-electron chi connectivity index (χ3n) is 4.48. The van der Waals surface area contributed by atoms with Crippen LogP contribution in [0.25, 0.3) is 0 Å². The second-order valence-corrected chi connectivity index (χ2v) is 7.37. The summed E-state index contributed by atoms with van der Waals surface area (Å²) in [7, 11) is 1.38. The first-order chi connectivity index (χ1) is 14.6. The van der Waals surface area contributed by atoms with Crippen LogP contribution in [0.3, 0.4) is 0 Å². The molecule has 0 aliphatic heterocycles. The summed E-state index contributed by atoms with van der Waals surface area (Å²) in [6.07, 6.45) is 0. The zero-order valence-electron chi connectivity index (χ0n) is 17.5. The highest BCUT2D eigenvalue weighted by molar-refractivity contribution is 5.94. The van der Waals surface area contributed by atoms with Crippen molar-refractivity contribution in [1.29, 1.82) is 0 Å². The van der Waals surface area contributed by atoms with Gasteiger partial charge in [0, 0.05) is 20.5 Å². The van der Waals surface area contributed by atoms with Gasteiger partial charge in [-0.05, 0) is 19.4 Å². The van der Waals surface area contributed by atoms with Gasteiger partial charge < -0.3 is 20.2 Å². The van der Waals surface area contributed by atoms with E-state index in [4.69, 9.17) is 4.42 Å². The summed E-state index contributed by atoms with van der Waals surface area (Å²) in [6.45, 7) is 4.89. The van der Waals surface area contributed by atoms with Crippen LogP contribution in [0.5, 0.6) is 5.75 Å². The minimum absolute atomic E-state index is 0.0461. The molecule has 0 radical (unpaired) electrons.